The van der Waals surface area contributed by atoms with Crippen LogP contribution in [0.5, 0.6) is 11.5 Å². The van der Waals surface area contributed by atoms with E-state index in [0.717, 1.165) is 0 Å². The molecule has 1 aromatic carbocycles. The van der Waals surface area contributed by atoms with Crippen molar-refractivity contribution < 1.29 is 14.3 Å². The van der Waals surface area contributed by atoms with Crippen LogP contribution in [-0.2, 0) is 0 Å². The molecule has 0 saturated carbocycles. The van der Waals surface area contributed by atoms with E-state index in [1.807, 2.05) is 0 Å². The summed E-state index contributed by atoms with van der Waals surface area (Å²) in [5, 5.41) is 10.0. The van der Waals surface area contributed by atoms with Crippen LogP contribution in [0.1, 0.15) is 10.5 Å². The van der Waals surface area contributed by atoms with Gasteiger partial charge in [0.2, 0.25) is 0 Å². The summed E-state index contributed by atoms with van der Waals surface area (Å²) in [4.78, 5) is 11.3. The molecule has 21 heavy (non-hydrogen) atoms. The number of nitrogens with zero attached hydrogens (tertiary/aromatic N) is 2. The zero-order valence-electron chi connectivity index (χ0n) is 11.0. The van der Waals surface area contributed by atoms with Gasteiger partial charge in [-0.05, 0) is 28.1 Å². The van der Waals surface area contributed by atoms with E-state index in [1.54, 1.807) is 12.1 Å². The van der Waals surface area contributed by atoms with E-state index in [9.17, 15) is 4.79 Å². The fraction of sp³-hybridized carbons (Fsp3) is 0.154. The maximum absolute atomic E-state index is 11.3. The minimum atomic E-state index is -0.683. The highest BCUT2D eigenvalue weighted by Gasteiger charge is 2.20. The largest absolute Gasteiger partial charge is 0.493 e. The Hall–Kier alpha value is -2.53. The molecule has 0 radical (unpaired) electrons. The van der Waals surface area contributed by atoms with Crippen LogP contribution in [0.3, 0.4) is 0 Å². The lowest BCUT2D eigenvalue weighted by molar-refractivity contribution is 0.0996. The van der Waals surface area contributed by atoms with E-state index in [0.29, 0.717) is 27.2 Å². The Bertz CT molecular complexity index is 721. The van der Waals surface area contributed by atoms with Crippen LogP contribution in [-0.4, -0.2) is 35.0 Å². The van der Waals surface area contributed by atoms with Crippen LogP contribution in [0.4, 0.5) is 0 Å². The van der Waals surface area contributed by atoms with E-state index in [2.05, 4.69) is 37.3 Å². The lowest BCUT2D eigenvalue weighted by Gasteiger charge is -2.12. The van der Waals surface area contributed by atoms with Crippen molar-refractivity contribution in [2.75, 3.05) is 13.7 Å². The Balaban J connectivity index is 2.53. The van der Waals surface area contributed by atoms with Crippen LogP contribution >= 0.6 is 15.9 Å². The number of amides is 1. The molecule has 0 unspecified atom stereocenters. The molecular formula is C13H11BrN4O3. The van der Waals surface area contributed by atoms with Crippen molar-refractivity contribution in [3.8, 4) is 35.1 Å². The van der Waals surface area contributed by atoms with E-state index < -0.39 is 5.91 Å². The van der Waals surface area contributed by atoms with Crippen LogP contribution < -0.4 is 15.2 Å². The lowest BCUT2D eigenvalue weighted by Crippen LogP contribution is -2.12. The number of benzene rings is 1. The SMILES string of the molecule is C#CCOc1cc(Br)c(-c2n[nH]nc2C(N)=O)cc1OC. The van der Waals surface area contributed by atoms with Gasteiger partial charge in [0.1, 0.15) is 12.3 Å². The average molecular weight is 351 g/mol. The summed E-state index contributed by atoms with van der Waals surface area (Å²) in [6, 6.07) is 3.32. The molecule has 0 bridgehead atoms. The Morgan fingerprint density at radius 3 is 2.86 bits per heavy atom. The number of methoxy groups -OCH3 is 1. The average Bonchev–Trinajstić information content (AvgIpc) is 2.94. The molecule has 108 valence electrons. The predicted octanol–water partition coefficient (Wildman–Crippen LogP) is 1.35. The molecule has 0 fully saturated rings. The number of rotatable bonds is 5. The molecule has 7 nitrogen and oxygen atoms in total. The first-order valence-electron chi connectivity index (χ1n) is 5.73. The number of carbonyl (C=O) groups excluding carboxylic acids is 1. The molecule has 0 atom stereocenters. The van der Waals surface area contributed by atoms with E-state index in [4.69, 9.17) is 21.6 Å². The molecule has 0 aliphatic rings. The van der Waals surface area contributed by atoms with Gasteiger partial charge < -0.3 is 15.2 Å². The Kier molecular flexibility index (Phi) is 4.45. The van der Waals surface area contributed by atoms with Crippen molar-refractivity contribution in [3.05, 3.63) is 22.3 Å². The van der Waals surface area contributed by atoms with Crippen LogP contribution in [0.25, 0.3) is 11.3 Å². The van der Waals surface area contributed by atoms with Gasteiger partial charge in [-0.1, -0.05) is 5.92 Å². The third-order valence-corrected chi connectivity index (χ3v) is 3.26. The maximum atomic E-state index is 11.3. The monoisotopic (exact) mass is 350 g/mol. The van der Waals surface area contributed by atoms with Gasteiger partial charge in [0.25, 0.3) is 5.91 Å². The van der Waals surface area contributed by atoms with Crippen LogP contribution in [0, 0.1) is 12.3 Å². The van der Waals surface area contributed by atoms with Crippen LogP contribution in [0.2, 0.25) is 0 Å². The fourth-order valence-electron chi connectivity index (χ4n) is 1.70. The standard InChI is InChI=1S/C13H11BrN4O3/c1-3-4-21-10-6-8(14)7(5-9(10)20-2)11-12(13(15)19)17-18-16-11/h1,5-6H,4H2,2H3,(H2,15,19)(H,16,17,18). The number of aromatic amines is 1. The van der Waals surface area contributed by atoms with Gasteiger partial charge in [-0.2, -0.15) is 15.4 Å². The Morgan fingerprint density at radius 1 is 1.48 bits per heavy atom. The number of hydrogen-bond acceptors (Lipinski definition) is 5. The van der Waals surface area contributed by atoms with Gasteiger partial charge in [-0.3, -0.25) is 4.79 Å². The summed E-state index contributed by atoms with van der Waals surface area (Å²) in [7, 11) is 1.49. The topological polar surface area (TPSA) is 103 Å². The van der Waals surface area contributed by atoms with Gasteiger partial charge >= 0.3 is 0 Å². The summed E-state index contributed by atoms with van der Waals surface area (Å²) in [6.07, 6.45) is 5.16. The summed E-state index contributed by atoms with van der Waals surface area (Å²) in [6.45, 7) is 0.110. The number of nitrogens with two attached hydrogens (primary N) is 1. The maximum Gasteiger partial charge on any atom is 0.271 e. The molecule has 1 heterocycles. The van der Waals surface area contributed by atoms with Crippen LogP contribution in [0.15, 0.2) is 16.6 Å². The van der Waals surface area contributed by atoms with Crippen molar-refractivity contribution in [2.45, 2.75) is 0 Å². The molecule has 2 rings (SSSR count). The minimum absolute atomic E-state index is 0.0371. The highest BCUT2D eigenvalue weighted by Crippen LogP contribution is 2.38. The number of ether oxygens (including phenoxy) is 2. The van der Waals surface area contributed by atoms with E-state index in [1.165, 1.54) is 7.11 Å². The molecule has 2 aromatic rings. The second-order valence-corrected chi connectivity index (χ2v) is 4.72. The highest BCUT2D eigenvalue weighted by molar-refractivity contribution is 9.10. The van der Waals surface area contributed by atoms with Crippen molar-refractivity contribution in [3.63, 3.8) is 0 Å². The minimum Gasteiger partial charge on any atom is -0.493 e. The fourth-order valence-corrected chi connectivity index (χ4v) is 2.21. The molecule has 0 aliphatic carbocycles. The van der Waals surface area contributed by atoms with Crippen molar-refractivity contribution in [2.24, 2.45) is 5.73 Å². The molecule has 8 heteroatoms. The van der Waals surface area contributed by atoms with Gasteiger partial charge in [0.05, 0.1) is 7.11 Å². The first kappa shape index (κ1) is 14.9. The number of aromatic nitrogens is 3. The number of H-pyrrole nitrogens is 1. The first-order chi connectivity index (χ1) is 10.1. The third kappa shape index (κ3) is 2.98. The molecular weight excluding hydrogens is 340 g/mol. The number of halogens is 1. The van der Waals surface area contributed by atoms with Crippen molar-refractivity contribution in [1.82, 2.24) is 15.4 Å². The summed E-state index contributed by atoms with van der Waals surface area (Å²) in [5.74, 6) is 2.60. The Labute approximate surface area is 128 Å². The molecule has 0 saturated heterocycles. The van der Waals surface area contributed by atoms with Gasteiger partial charge in [0, 0.05) is 10.0 Å². The smallest absolute Gasteiger partial charge is 0.271 e. The highest BCUT2D eigenvalue weighted by atomic mass is 79.9. The number of primary amides is 1. The lowest BCUT2D eigenvalue weighted by atomic mass is 10.1. The predicted molar refractivity (Wildman–Crippen MR) is 78.9 cm³/mol. The zero-order valence-corrected chi connectivity index (χ0v) is 12.6. The molecule has 1 amide bonds. The van der Waals surface area contributed by atoms with E-state index >= 15 is 0 Å². The van der Waals surface area contributed by atoms with Crippen molar-refractivity contribution >= 4 is 21.8 Å². The molecule has 3 N–H and O–H groups in total. The second kappa shape index (κ2) is 6.28. The summed E-state index contributed by atoms with van der Waals surface area (Å²) in [5.41, 5.74) is 6.20. The number of terminal acetylenes is 1. The molecule has 0 spiro atoms. The number of hydrogen-bond donors (Lipinski definition) is 2. The third-order valence-electron chi connectivity index (χ3n) is 2.60. The van der Waals surface area contributed by atoms with Gasteiger partial charge in [-0.25, -0.2) is 0 Å². The molecule has 0 aliphatic heterocycles. The van der Waals surface area contributed by atoms with E-state index in [-0.39, 0.29) is 12.3 Å². The van der Waals surface area contributed by atoms with Gasteiger partial charge in [-0.15, -0.1) is 6.42 Å². The zero-order chi connectivity index (χ0) is 15.4. The van der Waals surface area contributed by atoms with Gasteiger partial charge in [0.15, 0.2) is 17.2 Å². The Morgan fingerprint density at radius 2 is 2.24 bits per heavy atom. The summed E-state index contributed by atoms with van der Waals surface area (Å²) >= 11 is 3.39. The number of carbonyl (C=O) groups is 1. The molecule has 1 aromatic heterocycles. The summed E-state index contributed by atoms with van der Waals surface area (Å²) < 4.78 is 11.3. The number of nitrogens with one attached hydrogen (secondary N) is 1. The second-order valence-electron chi connectivity index (χ2n) is 3.86. The normalized spacial score (nSPS) is 9.95. The van der Waals surface area contributed by atoms with Crippen molar-refractivity contribution in [1.29, 1.82) is 0 Å². The first-order valence-corrected chi connectivity index (χ1v) is 6.52. The quantitative estimate of drug-likeness (QED) is 0.792.